The van der Waals surface area contributed by atoms with Gasteiger partial charge in [0, 0.05) is 16.7 Å². The van der Waals surface area contributed by atoms with Crippen LogP contribution in [0.3, 0.4) is 0 Å². The van der Waals surface area contributed by atoms with Crippen molar-refractivity contribution >= 4 is 57.9 Å². The zero-order chi connectivity index (χ0) is 18.1. The average molecular weight is 394 g/mol. The molecule has 1 amide bonds. The number of halogens is 1. The highest BCUT2D eigenvalue weighted by atomic mass is 35.5. The van der Waals surface area contributed by atoms with E-state index in [1.165, 1.54) is 0 Å². The molecule has 1 fully saturated rings. The van der Waals surface area contributed by atoms with Gasteiger partial charge < -0.3 is 9.52 Å². The molecule has 1 aliphatic rings. The van der Waals surface area contributed by atoms with Gasteiger partial charge in [0.05, 0.1) is 4.91 Å². The highest BCUT2D eigenvalue weighted by molar-refractivity contribution is 8.26. The maximum absolute atomic E-state index is 12.3. The lowest BCUT2D eigenvalue weighted by atomic mass is 10.1. The molecule has 1 saturated heterocycles. The molecule has 8 heteroatoms. The Labute approximate surface area is 158 Å². The van der Waals surface area contributed by atoms with E-state index in [0.29, 0.717) is 21.4 Å². The van der Waals surface area contributed by atoms with Crippen molar-refractivity contribution in [1.82, 2.24) is 4.90 Å². The fraction of sp³-hybridized carbons (Fsp3) is 0.118. The van der Waals surface area contributed by atoms with Crippen LogP contribution in [0.15, 0.2) is 39.7 Å². The van der Waals surface area contributed by atoms with Gasteiger partial charge in [0.25, 0.3) is 5.91 Å². The molecular weight excluding hydrogens is 382 g/mol. The van der Waals surface area contributed by atoms with Gasteiger partial charge in [0.1, 0.15) is 22.4 Å². The molecule has 128 valence electrons. The summed E-state index contributed by atoms with van der Waals surface area (Å²) in [7, 11) is 0. The number of aliphatic carboxylic acids is 1. The first-order valence-electron chi connectivity index (χ1n) is 7.18. The summed E-state index contributed by atoms with van der Waals surface area (Å²) in [5.41, 5.74) is 1.88. The topological polar surface area (TPSA) is 70.8 Å². The highest BCUT2D eigenvalue weighted by Gasteiger charge is 2.33. The van der Waals surface area contributed by atoms with Crippen molar-refractivity contribution in [2.24, 2.45) is 0 Å². The SMILES string of the molecule is Cc1ccc(Cl)cc1-c1ccc(/C=C2/SC(=S)N(CC(=O)O)C2=O)o1. The average Bonchev–Trinajstić information content (AvgIpc) is 3.10. The Balaban J connectivity index is 1.87. The second-order valence-corrected chi connectivity index (χ2v) is 7.44. The number of hydrogen-bond acceptors (Lipinski definition) is 5. The van der Waals surface area contributed by atoms with E-state index in [9.17, 15) is 9.59 Å². The molecule has 2 aromatic rings. The number of carboxylic acids is 1. The smallest absolute Gasteiger partial charge is 0.323 e. The minimum absolute atomic E-state index is 0.219. The Kier molecular flexibility index (Phi) is 4.99. The third kappa shape index (κ3) is 3.78. The van der Waals surface area contributed by atoms with E-state index in [1.54, 1.807) is 24.3 Å². The number of aryl methyl sites for hydroxylation is 1. The maximum Gasteiger partial charge on any atom is 0.323 e. The van der Waals surface area contributed by atoms with Crippen LogP contribution in [0.1, 0.15) is 11.3 Å². The van der Waals surface area contributed by atoms with E-state index >= 15 is 0 Å². The molecule has 0 radical (unpaired) electrons. The molecule has 0 aliphatic carbocycles. The molecule has 3 rings (SSSR count). The lowest BCUT2D eigenvalue weighted by molar-refractivity contribution is -0.140. The van der Waals surface area contributed by atoms with Crippen LogP contribution in [0.4, 0.5) is 0 Å². The van der Waals surface area contributed by atoms with Crippen molar-refractivity contribution in [3.8, 4) is 11.3 Å². The Morgan fingerprint density at radius 3 is 2.88 bits per heavy atom. The summed E-state index contributed by atoms with van der Waals surface area (Å²) in [4.78, 5) is 24.5. The zero-order valence-electron chi connectivity index (χ0n) is 13.0. The fourth-order valence-electron chi connectivity index (χ4n) is 2.34. The predicted molar refractivity (Wildman–Crippen MR) is 101 cm³/mol. The number of thioether (sulfide) groups is 1. The standard InChI is InChI=1S/C17H12ClNO4S2/c1-9-2-3-10(18)6-12(9)13-5-4-11(23-13)7-14-16(22)19(8-15(20)21)17(24)25-14/h2-7H,8H2,1H3,(H,20,21)/b14-7+. The quantitative estimate of drug-likeness (QED) is 0.620. The summed E-state index contributed by atoms with van der Waals surface area (Å²) >= 11 is 12.1. The third-order valence-electron chi connectivity index (χ3n) is 3.53. The van der Waals surface area contributed by atoms with Crippen molar-refractivity contribution < 1.29 is 19.1 Å². The highest BCUT2D eigenvalue weighted by Crippen LogP contribution is 2.34. The lowest BCUT2D eigenvalue weighted by Crippen LogP contribution is -2.33. The number of amides is 1. The summed E-state index contributed by atoms with van der Waals surface area (Å²) in [5, 5.41) is 9.46. The van der Waals surface area contributed by atoms with Crippen LogP contribution in [-0.4, -0.2) is 32.7 Å². The van der Waals surface area contributed by atoms with Crippen LogP contribution in [0.2, 0.25) is 5.02 Å². The van der Waals surface area contributed by atoms with Gasteiger partial charge in [0.2, 0.25) is 0 Å². The van der Waals surface area contributed by atoms with Crippen molar-refractivity contribution in [2.75, 3.05) is 6.54 Å². The van der Waals surface area contributed by atoms with Gasteiger partial charge in [-0.2, -0.15) is 0 Å². The normalized spacial score (nSPS) is 16.1. The van der Waals surface area contributed by atoms with Crippen LogP contribution in [-0.2, 0) is 9.59 Å². The van der Waals surface area contributed by atoms with Crippen molar-refractivity contribution in [2.45, 2.75) is 6.92 Å². The molecule has 0 unspecified atom stereocenters. The summed E-state index contributed by atoms with van der Waals surface area (Å²) in [6, 6.07) is 9.04. The first kappa shape index (κ1) is 17.7. The van der Waals surface area contributed by atoms with Crippen molar-refractivity contribution in [3.05, 3.63) is 51.6 Å². The molecule has 25 heavy (non-hydrogen) atoms. The predicted octanol–water partition coefficient (Wildman–Crippen LogP) is 4.19. The molecule has 2 heterocycles. The number of benzene rings is 1. The molecule has 5 nitrogen and oxygen atoms in total. The summed E-state index contributed by atoms with van der Waals surface area (Å²) in [6.07, 6.45) is 1.56. The molecule has 0 spiro atoms. The molecule has 1 aromatic heterocycles. The minimum atomic E-state index is -1.12. The van der Waals surface area contributed by atoms with Crippen LogP contribution < -0.4 is 0 Å². The van der Waals surface area contributed by atoms with E-state index in [-0.39, 0.29) is 4.32 Å². The van der Waals surface area contributed by atoms with Crippen LogP contribution in [0.5, 0.6) is 0 Å². The molecular formula is C17H12ClNO4S2. The third-order valence-corrected chi connectivity index (χ3v) is 5.15. The van der Waals surface area contributed by atoms with Gasteiger partial charge in [-0.05, 0) is 36.8 Å². The number of nitrogens with zero attached hydrogens (tertiary/aromatic N) is 1. The van der Waals surface area contributed by atoms with Gasteiger partial charge in [-0.1, -0.05) is 41.6 Å². The number of hydrogen-bond donors (Lipinski definition) is 1. The number of carboxylic acid groups (broad SMARTS) is 1. The summed E-state index contributed by atoms with van der Waals surface area (Å²) in [5.74, 6) is -0.444. The maximum atomic E-state index is 12.3. The number of thiocarbonyl (C=S) groups is 1. The van der Waals surface area contributed by atoms with Gasteiger partial charge in [0.15, 0.2) is 0 Å². The van der Waals surface area contributed by atoms with E-state index in [1.807, 2.05) is 19.1 Å². The number of carbonyl (C=O) groups excluding carboxylic acids is 1. The van der Waals surface area contributed by atoms with Gasteiger partial charge >= 0.3 is 5.97 Å². The van der Waals surface area contributed by atoms with Gasteiger partial charge in [-0.25, -0.2) is 0 Å². The number of furan rings is 1. The monoisotopic (exact) mass is 393 g/mol. The molecule has 0 atom stereocenters. The summed E-state index contributed by atoms with van der Waals surface area (Å²) in [6.45, 7) is 1.50. The van der Waals surface area contributed by atoms with Gasteiger partial charge in [-0.3, -0.25) is 14.5 Å². The van der Waals surface area contributed by atoms with Crippen molar-refractivity contribution in [3.63, 3.8) is 0 Å². The Morgan fingerprint density at radius 1 is 1.40 bits per heavy atom. The first-order chi connectivity index (χ1) is 11.8. The second kappa shape index (κ2) is 7.03. The van der Waals surface area contributed by atoms with Gasteiger partial charge in [-0.15, -0.1) is 0 Å². The molecule has 0 saturated carbocycles. The Hall–Kier alpha value is -2.09. The van der Waals surface area contributed by atoms with Crippen LogP contribution in [0.25, 0.3) is 17.4 Å². The molecule has 1 aliphatic heterocycles. The zero-order valence-corrected chi connectivity index (χ0v) is 15.4. The number of rotatable bonds is 4. The molecule has 1 N–H and O–H groups in total. The van der Waals surface area contributed by atoms with Crippen molar-refractivity contribution in [1.29, 1.82) is 0 Å². The van der Waals surface area contributed by atoms with E-state index in [2.05, 4.69) is 0 Å². The minimum Gasteiger partial charge on any atom is -0.480 e. The Bertz CT molecular complexity index is 919. The van der Waals surface area contributed by atoms with Crippen LogP contribution in [0, 0.1) is 6.92 Å². The summed E-state index contributed by atoms with van der Waals surface area (Å²) < 4.78 is 6.01. The molecule has 0 bridgehead atoms. The van der Waals surface area contributed by atoms with E-state index in [0.717, 1.165) is 27.8 Å². The molecule has 1 aromatic carbocycles. The van der Waals surface area contributed by atoms with E-state index < -0.39 is 18.4 Å². The number of carbonyl (C=O) groups is 2. The first-order valence-corrected chi connectivity index (χ1v) is 8.79. The fourth-order valence-corrected chi connectivity index (χ4v) is 3.74. The lowest BCUT2D eigenvalue weighted by Gasteiger charge is -2.09. The van der Waals surface area contributed by atoms with E-state index in [4.69, 9.17) is 33.3 Å². The second-order valence-electron chi connectivity index (χ2n) is 5.32. The largest absolute Gasteiger partial charge is 0.480 e. The van der Waals surface area contributed by atoms with Crippen LogP contribution >= 0.6 is 35.6 Å². The Morgan fingerprint density at radius 2 is 2.16 bits per heavy atom.